The minimum atomic E-state index is -4.15. The van der Waals surface area contributed by atoms with Crippen molar-refractivity contribution in [1.29, 1.82) is 0 Å². The molecule has 220 valence electrons. The Hall–Kier alpha value is -3.85. The highest BCUT2D eigenvalue weighted by molar-refractivity contribution is 7.92. The van der Waals surface area contributed by atoms with Gasteiger partial charge in [-0.25, -0.2) is 8.42 Å². The molecule has 3 aromatic carbocycles. The molecule has 0 aliphatic carbocycles. The summed E-state index contributed by atoms with van der Waals surface area (Å²) in [6.45, 7) is 13.1. The van der Waals surface area contributed by atoms with Gasteiger partial charge in [-0.3, -0.25) is 13.9 Å². The number of anilines is 1. The number of aryl methyl sites for hydroxylation is 2. The number of nitrogens with zero attached hydrogens (tertiary/aromatic N) is 2. The van der Waals surface area contributed by atoms with Crippen molar-refractivity contribution in [2.45, 2.75) is 71.5 Å². The van der Waals surface area contributed by atoms with Gasteiger partial charge in [-0.1, -0.05) is 47.5 Å². The Labute approximate surface area is 244 Å². The molecule has 0 saturated heterocycles. The minimum absolute atomic E-state index is 0.0259. The Morgan fingerprint density at radius 2 is 1.41 bits per heavy atom. The van der Waals surface area contributed by atoms with E-state index in [1.54, 1.807) is 43.3 Å². The number of rotatable bonds is 11. The molecule has 0 saturated carbocycles. The maximum absolute atomic E-state index is 14.0. The summed E-state index contributed by atoms with van der Waals surface area (Å²) in [5, 5.41) is 2.94. The second kappa shape index (κ2) is 13.2. The van der Waals surface area contributed by atoms with Gasteiger partial charge in [0.1, 0.15) is 18.3 Å². The van der Waals surface area contributed by atoms with E-state index in [0.29, 0.717) is 18.0 Å². The predicted molar refractivity (Wildman–Crippen MR) is 162 cm³/mol. The number of sulfonamides is 1. The highest BCUT2D eigenvalue weighted by Gasteiger charge is 2.33. The highest BCUT2D eigenvalue weighted by atomic mass is 32.2. The van der Waals surface area contributed by atoms with Crippen molar-refractivity contribution in [2.24, 2.45) is 0 Å². The van der Waals surface area contributed by atoms with Crippen LogP contribution >= 0.6 is 0 Å². The lowest BCUT2D eigenvalue weighted by Crippen LogP contribution is -2.54. The van der Waals surface area contributed by atoms with Gasteiger partial charge in [0, 0.05) is 12.1 Å². The van der Waals surface area contributed by atoms with E-state index in [4.69, 9.17) is 4.74 Å². The normalized spacial score (nSPS) is 12.4. The number of ether oxygens (including phenoxy) is 1. The lowest BCUT2D eigenvalue weighted by molar-refractivity contribution is -0.140. The first-order valence-electron chi connectivity index (χ1n) is 13.7. The number of amides is 2. The molecule has 0 heterocycles. The molecule has 1 atom stereocenters. The minimum Gasteiger partial charge on any atom is -0.494 e. The third kappa shape index (κ3) is 8.57. The van der Waals surface area contributed by atoms with Crippen molar-refractivity contribution in [3.8, 4) is 5.75 Å². The molecule has 2 amide bonds. The average molecular weight is 580 g/mol. The van der Waals surface area contributed by atoms with Gasteiger partial charge >= 0.3 is 0 Å². The molecule has 0 aromatic heterocycles. The van der Waals surface area contributed by atoms with Crippen LogP contribution in [0.4, 0.5) is 5.69 Å². The summed E-state index contributed by atoms with van der Waals surface area (Å²) in [4.78, 5) is 28.7. The topological polar surface area (TPSA) is 96.0 Å². The zero-order valence-corrected chi connectivity index (χ0v) is 25.8. The third-order valence-corrected chi connectivity index (χ3v) is 8.25. The molecule has 3 rings (SSSR count). The molecule has 9 heteroatoms. The van der Waals surface area contributed by atoms with Crippen LogP contribution in [0.5, 0.6) is 5.75 Å². The monoisotopic (exact) mass is 579 g/mol. The second-order valence-corrected chi connectivity index (χ2v) is 13.0. The van der Waals surface area contributed by atoms with Gasteiger partial charge in [-0.05, 0) is 90.4 Å². The summed E-state index contributed by atoms with van der Waals surface area (Å²) < 4.78 is 34.5. The van der Waals surface area contributed by atoms with E-state index in [9.17, 15) is 18.0 Å². The van der Waals surface area contributed by atoms with E-state index in [0.717, 1.165) is 21.0 Å². The highest BCUT2D eigenvalue weighted by Crippen LogP contribution is 2.26. The number of benzene rings is 3. The van der Waals surface area contributed by atoms with Crippen molar-refractivity contribution in [2.75, 3.05) is 17.5 Å². The van der Waals surface area contributed by atoms with Crippen molar-refractivity contribution in [1.82, 2.24) is 10.2 Å². The zero-order chi connectivity index (χ0) is 30.4. The zero-order valence-electron chi connectivity index (χ0n) is 25.0. The predicted octanol–water partition coefficient (Wildman–Crippen LogP) is 5.23. The van der Waals surface area contributed by atoms with Crippen LogP contribution in [0.25, 0.3) is 0 Å². The van der Waals surface area contributed by atoms with E-state index >= 15 is 0 Å². The lowest BCUT2D eigenvalue weighted by atomic mass is 10.1. The van der Waals surface area contributed by atoms with Crippen LogP contribution in [0, 0.1) is 13.8 Å². The number of carbonyl (C=O) groups is 2. The average Bonchev–Trinajstić information content (AvgIpc) is 2.91. The van der Waals surface area contributed by atoms with Gasteiger partial charge < -0.3 is 15.0 Å². The lowest BCUT2D eigenvalue weighted by Gasteiger charge is -2.33. The fourth-order valence-corrected chi connectivity index (χ4v) is 5.60. The molecule has 41 heavy (non-hydrogen) atoms. The van der Waals surface area contributed by atoms with E-state index < -0.39 is 34.1 Å². The van der Waals surface area contributed by atoms with Crippen molar-refractivity contribution < 1.29 is 22.7 Å². The Morgan fingerprint density at radius 3 is 1.93 bits per heavy atom. The van der Waals surface area contributed by atoms with Crippen LogP contribution in [0.15, 0.2) is 77.7 Å². The van der Waals surface area contributed by atoms with Gasteiger partial charge in [-0.2, -0.15) is 0 Å². The van der Waals surface area contributed by atoms with Crippen LogP contribution in [-0.2, 0) is 26.2 Å². The molecule has 0 bridgehead atoms. The first kappa shape index (κ1) is 31.7. The Bertz CT molecular complexity index is 1430. The van der Waals surface area contributed by atoms with E-state index in [2.05, 4.69) is 5.32 Å². The fourth-order valence-electron chi connectivity index (χ4n) is 4.19. The number of carbonyl (C=O) groups excluding carboxylic acids is 2. The van der Waals surface area contributed by atoms with Crippen LogP contribution in [0.1, 0.15) is 51.3 Å². The molecule has 8 nitrogen and oxygen atoms in total. The largest absolute Gasteiger partial charge is 0.494 e. The summed E-state index contributed by atoms with van der Waals surface area (Å²) in [5.41, 5.74) is 2.69. The molecule has 0 unspecified atom stereocenters. The molecule has 0 spiro atoms. The van der Waals surface area contributed by atoms with E-state index in [-0.39, 0.29) is 17.3 Å². The summed E-state index contributed by atoms with van der Waals surface area (Å²) >= 11 is 0. The molecule has 0 aliphatic rings. The molecule has 3 aromatic rings. The standard InChI is InChI=1S/C32H41N3O5S/c1-8-40-28-17-19-29(20-18-28)41(38,39)35(27-15-11-24(3)12-16-27)22-30(36)34(21-26-13-9-23(2)10-14-26)25(4)31(37)33-32(5,6)7/h9-20,25H,8,21-22H2,1-7H3,(H,33,37)/t25-/m0/s1. The Morgan fingerprint density at radius 1 is 0.878 bits per heavy atom. The third-order valence-electron chi connectivity index (χ3n) is 6.46. The summed E-state index contributed by atoms with van der Waals surface area (Å²) in [6, 6.07) is 19.9. The number of nitrogens with one attached hydrogen (secondary N) is 1. The van der Waals surface area contributed by atoms with Crippen molar-refractivity contribution in [3.63, 3.8) is 0 Å². The first-order valence-corrected chi connectivity index (χ1v) is 15.1. The smallest absolute Gasteiger partial charge is 0.264 e. The van der Waals surface area contributed by atoms with Crippen LogP contribution in [0.2, 0.25) is 0 Å². The Balaban J connectivity index is 2.02. The molecule has 0 fully saturated rings. The van der Waals surface area contributed by atoms with E-state index in [1.807, 2.05) is 65.8 Å². The maximum atomic E-state index is 14.0. The quantitative estimate of drug-likeness (QED) is 0.336. The second-order valence-electron chi connectivity index (χ2n) is 11.2. The summed E-state index contributed by atoms with van der Waals surface area (Å²) in [5.74, 6) is -0.279. The number of hydrogen-bond donors (Lipinski definition) is 1. The van der Waals surface area contributed by atoms with Gasteiger partial charge in [0.05, 0.1) is 17.2 Å². The Kier molecular flexibility index (Phi) is 10.2. The molecular weight excluding hydrogens is 538 g/mol. The SMILES string of the molecule is CCOc1ccc(S(=O)(=O)N(CC(=O)N(Cc2ccc(C)cc2)[C@@H](C)C(=O)NC(C)(C)C)c2ccc(C)cc2)cc1. The first-order chi connectivity index (χ1) is 19.2. The van der Waals surface area contributed by atoms with Crippen LogP contribution in [0.3, 0.4) is 0 Å². The van der Waals surface area contributed by atoms with Crippen LogP contribution < -0.4 is 14.4 Å². The maximum Gasteiger partial charge on any atom is 0.264 e. The molecule has 0 radical (unpaired) electrons. The van der Waals surface area contributed by atoms with Gasteiger partial charge in [0.15, 0.2) is 0 Å². The summed E-state index contributed by atoms with van der Waals surface area (Å²) in [6.07, 6.45) is 0. The van der Waals surface area contributed by atoms with Crippen molar-refractivity contribution >= 4 is 27.5 Å². The fraction of sp³-hybridized carbons (Fsp3) is 0.375. The van der Waals surface area contributed by atoms with Gasteiger partial charge in [-0.15, -0.1) is 0 Å². The molecular formula is C32H41N3O5S. The van der Waals surface area contributed by atoms with Crippen molar-refractivity contribution in [3.05, 3.63) is 89.5 Å². The number of hydrogen-bond acceptors (Lipinski definition) is 5. The molecule has 1 N–H and O–H groups in total. The van der Waals surface area contributed by atoms with E-state index in [1.165, 1.54) is 17.0 Å². The van der Waals surface area contributed by atoms with Gasteiger partial charge in [0.25, 0.3) is 10.0 Å². The van der Waals surface area contributed by atoms with Gasteiger partial charge in [0.2, 0.25) is 11.8 Å². The summed E-state index contributed by atoms with van der Waals surface area (Å²) in [7, 11) is -4.15. The molecule has 0 aliphatic heterocycles. The van der Waals surface area contributed by atoms with Crippen LogP contribution in [-0.4, -0.2) is 49.9 Å².